The Morgan fingerprint density at radius 1 is 1.11 bits per heavy atom. The number of para-hydroxylation sites is 2. The van der Waals surface area contributed by atoms with E-state index in [4.69, 9.17) is 9.72 Å². The highest BCUT2D eigenvalue weighted by atomic mass is 16.5. The summed E-state index contributed by atoms with van der Waals surface area (Å²) in [5, 5.41) is 2.85. The molecule has 1 aliphatic heterocycles. The zero-order chi connectivity index (χ0) is 25.1. The predicted molar refractivity (Wildman–Crippen MR) is 138 cm³/mol. The minimum absolute atomic E-state index is 0.00892. The molecule has 5 rings (SSSR count). The number of carbonyl (C=O) groups is 3. The van der Waals surface area contributed by atoms with Crippen molar-refractivity contribution in [1.29, 1.82) is 0 Å². The largest absolute Gasteiger partial charge is 0.462 e. The zero-order valence-corrected chi connectivity index (χ0v) is 20.4. The van der Waals surface area contributed by atoms with E-state index in [0.29, 0.717) is 30.4 Å². The lowest BCUT2D eigenvalue weighted by atomic mass is 9.97. The lowest BCUT2D eigenvalue weighted by molar-refractivity contribution is -0.124. The van der Waals surface area contributed by atoms with Crippen molar-refractivity contribution < 1.29 is 19.1 Å². The van der Waals surface area contributed by atoms with Crippen molar-refractivity contribution in [2.45, 2.75) is 51.5 Å². The highest BCUT2D eigenvalue weighted by Gasteiger charge is 2.40. The number of anilines is 2. The van der Waals surface area contributed by atoms with E-state index in [1.165, 1.54) is 18.4 Å². The third-order valence-corrected chi connectivity index (χ3v) is 6.78. The number of imidazole rings is 1. The van der Waals surface area contributed by atoms with Gasteiger partial charge in [-0.2, -0.15) is 0 Å². The van der Waals surface area contributed by atoms with E-state index < -0.39 is 12.0 Å². The minimum Gasteiger partial charge on any atom is -0.462 e. The number of amides is 2. The number of benzene rings is 2. The molecule has 1 atom stereocenters. The lowest BCUT2D eigenvalue weighted by Gasteiger charge is -2.18. The SMILES string of the molecule is CCOC(=O)c1ccc(NC(=O)CC2C(=O)N(CCC3=CCCCC3)c3nc4ccccc4n32)cc1. The molecule has 2 aromatic carbocycles. The molecular formula is C28H30N4O4. The number of allylic oxidation sites excluding steroid dienone is 1. The fraction of sp³-hybridized carbons (Fsp3) is 0.357. The van der Waals surface area contributed by atoms with Gasteiger partial charge in [0.15, 0.2) is 0 Å². The molecule has 1 unspecified atom stereocenters. The molecule has 0 saturated carbocycles. The molecule has 2 aliphatic rings. The molecule has 1 N–H and O–H groups in total. The van der Waals surface area contributed by atoms with Crippen LogP contribution in [0.25, 0.3) is 11.0 Å². The van der Waals surface area contributed by atoms with Gasteiger partial charge in [0, 0.05) is 12.2 Å². The summed E-state index contributed by atoms with van der Waals surface area (Å²) in [6.45, 7) is 2.60. The van der Waals surface area contributed by atoms with Gasteiger partial charge < -0.3 is 10.1 Å². The number of aromatic nitrogens is 2. The third kappa shape index (κ3) is 4.76. The average Bonchev–Trinajstić information content (AvgIpc) is 3.38. The van der Waals surface area contributed by atoms with Gasteiger partial charge in [0.2, 0.25) is 11.9 Å². The molecule has 1 aromatic heterocycles. The van der Waals surface area contributed by atoms with Gasteiger partial charge in [-0.1, -0.05) is 23.8 Å². The van der Waals surface area contributed by atoms with Gasteiger partial charge in [0.25, 0.3) is 5.91 Å². The van der Waals surface area contributed by atoms with Gasteiger partial charge in [-0.25, -0.2) is 9.78 Å². The van der Waals surface area contributed by atoms with Crippen molar-refractivity contribution in [3.05, 3.63) is 65.7 Å². The van der Waals surface area contributed by atoms with Gasteiger partial charge in [-0.3, -0.25) is 19.1 Å². The number of carbonyl (C=O) groups excluding carboxylic acids is 3. The number of rotatable bonds is 8. The predicted octanol–water partition coefficient (Wildman–Crippen LogP) is 5.02. The van der Waals surface area contributed by atoms with E-state index in [1.807, 2.05) is 28.8 Å². The maximum Gasteiger partial charge on any atom is 0.338 e. The Morgan fingerprint density at radius 2 is 1.92 bits per heavy atom. The second-order valence-electron chi connectivity index (χ2n) is 9.18. The Bertz CT molecular complexity index is 1330. The molecule has 0 fully saturated rings. The van der Waals surface area contributed by atoms with E-state index in [-0.39, 0.29) is 18.2 Å². The second kappa shape index (κ2) is 10.4. The van der Waals surface area contributed by atoms with E-state index >= 15 is 0 Å². The summed E-state index contributed by atoms with van der Waals surface area (Å²) >= 11 is 0. The summed E-state index contributed by atoms with van der Waals surface area (Å²) in [6.07, 6.45) is 7.72. The van der Waals surface area contributed by atoms with Crippen LogP contribution in [0.4, 0.5) is 11.6 Å². The van der Waals surface area contributed by atoms with Crippen LogP contribution in [0.3, 0.4) is 0 Å². The highest BCUT2D eigenvalue weighted by molar-refractivity contribution is 6.05. The fourth-order valence-corrected chi connectivity index (χ4v) is 4.99. The molecule has 8 nitrogen and oxygen atoms in total. The molecule has 186 valence electrons. The number of hydrogen-bond donors (Lipinski definition) is 1. The topological polar surface area (TPSA) is 93.5 Å². The highest BCUT2D eigenvalue weighted by Crippen LogP contribution is 2.37. The molecule has 1 aliphatic carbocycles. The van der Waals surface area contributed by atoms with Gasteiger partial charge >= 0.3 is 5.97 Å². The number of ether oxygens (including phenoxy) is 1. The summed E-state index contributed by atoms with van der Waals surface area (Å²) < 4.78 is 6.90. The number of nitrogens with zero attached hydrogens (tertiary/aromatic N) is 3. The first-order chi connectivity index (χ1) is 17.5. The van der Waals surface area contributed by atoms with Crippen molar-refractivity contribution in [1.82, 2.24) is 9.55 Å². The summed E-state index contributed by atoms with van der Waals surface area (Å²) in [5.74, 6) is -0.185. The molecule has 0 radical (unpaired) electrons. The molecule has 0 spiro atoms. The van der Waals surface area contributed by atoms with Crippen molar-refractivity contribution in [2.75, 3.05) is 23.4 Å². The maximum absolute atomic E-state index is 13.5. The molecule has 8 heteroatoms. The van der Waals surface area contributed by atoms with Crippen molar-refractivity contribution in [2.24, 2.45) is 0 Å². The van der Waals surface area contributed by atoms with Crippen LogP contribution in [0.5, 0.6) is 0 Å². The number of fused-ring (bicyclic) bond motifs is 3. The van der Waals surface area contributed by atoms with E-state index in [0.717, 1.165) is 30.3 Å². The number of hydrogen-bond acceptors (Lipinski definition) is 5. The van der Waals surface area contributed by atoms with Crippen LogP contribution < -0.4 is 10.2 Å². The summed E-state index contributed by atoms with van der Waals surface area (Å²) in [5.41, 5.74) is 4.01. The van der Waals surface area contributed by atoms with E-state index in [9.17, 15) is 14.4 Å². The molecular weight excluding hydrogens is 456 g/mol. The van der Waals surface area contributed by atoms with Crippen molar-refractivity contribution >= 4 is 40.5 Å². The Hall–Kier alpha value is -3.94. The Balaban J connectivity index is 1.33. The smallest absolute Gasteiger partial charge is 0.338 e. The van der Waals surface area contributed by atoms with Crippen LogP contribution in [-0.2, 0) is 14.3 Å². The second-order valence-corrected chi connectivity index (χ2v) is 9.18. The molecule has 0 saturated heterocycles. The Morgan fingerprint density at radius 3 is 2.67 bits per heavy atom. The average molecular weight is 487 g/mol. The maximum atomic E-state index is 13.5. The summed E-state index contributed by atoms with van der Waals surface area (Å²) in [7, 11) is 0. The first-order valence-corrected chi connectivity index (χ1v) is 12.6. The summed E-state index contributed by atoms with van der Waals surface area (Å²) in [6, 6.07) is 13.6. The van der Waals surface area contributed by atoms with Crippen LogP contribution in [0, 0.1) is 0 Å². The monoisotopic (exact) mass is 486 g/mol. The zero-order valence-electron chi connectivity index (χ0n) is 20.4. The first-order valence-electron chi connectivity index (χ1n) is 12.6. The summed E-state index contributed by atoms with van der Waals surface area (Å²) in [4.78, 5) is 44.9. The van der Waals surface area contributed by atoms with Crippen LogP contribution in [-0.4, -0.2) is 40.5 Å². The quantitative estimate of drug-likeness (QED) is 0.356. The van der Waals surface area contributed by atoms with E-state index in [1.54, 1.807) is 36.1 Å². The van der Waals surface area contributed by atoms with Crippen LogP contribution >= 0.6 is 0 Å². The third-order valence-electron chi connectivity index (χ3n) is 6.78. The normalized spacial score (nSPS) is 17.1. The Labute approximate surface area is 209 Å². The molecule has 3 aromatic rings. The number of esters is 1. The first kappa shape index (κ1) is 23.8. The minimum atomic E-state index is -0.661. The molecule has 2 amide bonds. The van der Waals surface area contributed by atoms with Crippen LogP contribution in [0.2, 0.25) is 0 Å². The molecule has 36 heavy (non-hydrogen) atoms. The van der Waals surface area contributed by atoms with Crippen LogP contribution in [0.1, 0.15) is 61.8 Å². The van der Waals surface area contributed by atoms with Crippen LogP contribution in [0.15, 0.2) is 60.2 Å². The number of nitrogens with one attached hydrogen (secondary N) is 1. The lowest BCUT2D eigenvalue weighted by Crippen LogP contribution is -2.32. The van der Waals surface area contributed by atoms with Gasteiger partial charge in [0.1, 0.15) is 6.04 Å². The standard InChI is InChI=1S/C28H30N4O4/c1-2-36-27(35)20-12-14-21(15-13-20)29-25(33)18-24-26(34)31(17-16-19-8-4-3-5-9-19)28-30-22-10-6-7-11-23(22)32(24)28/h6-8,10-15,24H,2-5,9,16-18H2,1H3,(H,29,33). The van der Waals surface area contributed by atoms with Gasteiger partial charge in [-0.15, -0.1) is 0 Å². The fourth-order valence-electron chi connectivity index (χ4n) is 4.99. The molecule has 0 bridgehead atoms. The molecule has 2 heterocycles. The van der Waals surface area contributed by atoms with Crippen molar-refractivity contribution in [3.63, 3.8) is 0 Å². The van der Waals surface area contributed by atoms with Gasteiger partial charge in [0.05, 0.1) is 29.6 Å². The van der Waals surface area contributed by atoms with E-state index in [2.05, 4.69) is 11.4 Å². The van der Waals surface area contributed by atoms with Crippen molar-refractivity contribution in [3.8, 4) is 0 Å². The van der Waals surface area contributed by atoms with Gasteiger partial charge in [-0.05, 0) is 75.4 Å². The Kier molecular flexibility index (Phi) is 6.84.